The fourth-order valence-electron chi connectivity index (χ4n) is 2.89. The number of carbonyl (C=O) groups is 6. The summed E-state index contributed by atoms with van der Waals surface area (Å²) in [6.45, 7) is -0.478. The van der Waals surface area contributed by atoms with Crippen LogP contribution in [0.15, 0.2) is 0 Å². The number of hydrogen-bond acceptors (Lipinski definition) is 8. The van der Waals surface area contributed by atoms with Crippen molar-refractivity contribution in [3.8, 4) is 0 Å². The highest BCUT2D eigenvalue weighted by atomic mass is 16.4. The van der Waals surface area contributed by atoms with Gasteiger partial charge in [0, 0.05) is 6.54 Å². The van der Waals surface area contributed by atoms with Gasteiger partial charge in [0.05, 0.1) is 19.4 Å². The Morgan fingerprint density at radius 1 is 0.967 bits per heavy atom. The highest BCUT2D eigenvalue weighted by molar-refractivity contribution is 5.96. The van der Waals surface area contributed by atoms with Crippen LogP contribution < -0.4 is 16.4 Å². The number of nitrogens with one attached hydrogen (secondary N) is 2. The van der Waals surface area contributed by atoms with Gasteiger partial charge in [-0.25, -0.2) is 4.79 Å². The number of aliphatic hydroxyl groups excluding tert-OH is 1. The van der Waals surface area contributed by atoms with E-state index in [1.54, 1.807) is 0 Å². The molecular formula is C16H24N4O10. The molecule has 4 unspecified atom stereocenters. The number of nitrogens with two attached hydrogens (primary N) is 1. The first-order valence-corrected chi connectivity index (χ1v) is 8.92. The van der Waals surface area contributed by atoms with Crippen LogP contribution in [-0.4, -0.2) is 98.3 Å². The van der Waals surface area contributed by atoms with Crippen molar-refractivity contribution in [1.82, 2.24) is 15.5 Å². The van der Waals surface area contributed by atoms with Crippen LogP contribution in [0.25, 0.3) is 0 Å². The van der Waals surface area contributed by atoms with Crippen LogP contribution in [0.4, 0.5) is 0 Å². The van der Waals surface area contributed by atoms with Crippen LogP contribution in [-0.2, 0) is 28.8 Å². The second kappa shape index (κ2) is 11.1. The van der Waals surface area contributed by atoms with Crippen molar-refractivity contribution >= 4 is 35.6 Å². The first-order chi connectivity index (χ1) is 14.0. The fraction of sp³-hybridized carbons (Fsp3) is 0.625. The number of rotatable bonds is 11. The second-order valence-electron chi connectivity index (χ2n) is 6.64. The van der Waals surface area contributed by atoms with Gasteiger partial charge >= 0.3 is 17.9 Å². The maximum absolute atomic E-state index is 12.6. The largest absolute Gasteiger partial charge is 0.481 e. The van der Waals surface area contributed by atoms with E-state index >= 15 is 0 Å². The molecule has 14 nitrogen and oxygen atoms in total. The summed E-state index contributed by atoms with van der Waals surface area (Å²) in [6.07, 6.45) is -1.24. The molecule has 3 amide bonds. The molecule has 1 saturated heterocycles. The Kier molecular flexibility index (Phi) is 9.14. The van der Waals surface area contributed by atoms with Crippen molar-refractivity contribution in [2.75, 3.05) is 13.2 Å². The van der Waals surface area contributed by atoms with Crippen molar-refractivity contribution in [2.45, 2.75) is 49.9 Å². The van der Waals surface area contributed by atoms with Crippen LogP contribution >= 0.6 is 0 Å². The van der Waals surface area contributed by atoms with E-state index in [0.29, 0.717) is 6.42 Å². The first-order valence-electron chi connectivity index (χ1n) is 8.92. The van der Waals surface area contributed by atoms with Crippen LogP contribution in [0.2, 0.25) is 0 Å². The van der Waals surface area contributed by atoms with E-state index in [1.165, 1.54) is 0 Å². The number of nitrogens with zero attached hydrogens (tertiary/aromatic N) is 1. The molecule has 0 aromatic rings. The topological polar surface area (TPSA) is 237 Å². The number of aliphatic hydroxyl groups is 1. The Morgan fingerprint density at radius 2 is 1.53 bits per heavy atom. The Labute approximate surface area is 170 Å². The molecule has 0 saturated carbocycles. The van der Waals surface area contributed by atoms with Crippen molar-refractivity contribution in [1.29, 1.82) is 0 Å². The smallest absolute Gasteiger partial charge is 0.326 e. The number of amides is 3. The van der Waals surface area contributed by atoms with Gasteiger partial charge in [0.1, 0.15) is 24.2 Å². The molecule has 4 atom stereocenters. The summed E-state index contributed by atoms with van der Waals surface area (Å²) < 4.78 is 0. The van der Waals surface area contributed by atoms with Gasteiger partial charge in [-0.3, -0.25) is 24.0 Å². The number of carboxylic acids is 3. The van der Waals surface area contributed by atoms with E-state index in [-0.39, 0.29) is 13.0 Å². The molecule has 168 valence electrons. The predicted octanol–water partition coefficient (Wildman–Crippen LogP) is -3.70. The van der Waals surface area contributed by atoms with Gasteiger partial charge in [0.25, 0.3) is 0 Å². The molecule has 0 radical (unpaired) electrons. The van der Waals surface area contributed by atoms with E-state index in [4.69, 9.17) is 26.2 Å². The van der Waals surface area contributed by atoms with E-state index < -0.39 is 79.2 Å². The van der Waals surface area contributed by atoms with Gasteiger partial charge < -0.3 is 41.7 Å². The average molecular weight is 432 g/mol. The fourth-order valence-corrected chi connectivity index (χ4v) is 2.89. The number of carbonyl (C=O) groups excluding carboxylic acids is 3. The van der Waals surface area contributed by atoms with Crippen molar-refractivity contribution in [3.63, 3.8) is 0 Å². The van der Waals surface area contributed by atoms with Crippen LogP contribution in [0.1, 0.15) is 25.7 Å². The third kappa shape index (κ3) is 6.97. The van der Waals surface area contributed by atoms with Gasteiger partial charge in [-0.15, -0.1) is 0 Å². The summed E-state index contributed by atoms with van der Waals surface area (Å²) in [7, 11) is 0. The number of likely N-dealkylation sites (tertiary alicyclic amines) is 1. The molecule has 30 heavy (non-hydrogen) atoms. The van der Waals surface area contributed by atoms with Gasteiger partial charge in [-0.05, 0) is 12.8 Å². The summed E-state index contributed by atoms with van der Waals surface area (Å²) in [6, 6.07) is -5.86. The minimum Gasteiger partial charge on any atom is -0.481 e. The first kappa shape index (κ1) is 24.8. The zero-order chi connectivity index (χ0) is 23.0. The molecule has 1 fully saturated rings. The van der Waals surface area contributed by atoms with Gasteiger partial charge in [0.2, 0.25) is 17.7 Å². The quantitative estimate of drug-likeness (QED) is 0.168. The van der Waals surface area contributed by atoms with Gasteiger partial charge in [0.15, 0.2) is 0 Å². The lowest BCUT2D eigenvalue weighted by Gasteiger charge is -2.27. The molecular weight excluding hydrogens is 408 g/mol. The van der Waals surface area contributed by atoms with E-state index in [2.05, 4.69) is 5.32 Å². The zero-order valence-corrected chi connectivity index (χ0v) is 15.8. The average Bonchev–Trinajstić information content (AvgIpc) is 3.14. The summed E-state index contributed by atoms with van der Waals surface area (Å²) in [5.41, 5.74) is 5.48. The maximum Gasteiger partial charge on any atom is 0.326 e. The van der Waals surface area contributed by atoms with E-state index in [1.807, 2.05) is 5.32 Å². The van der Waals surface area contributed by atoms with Gasteiger partial charge in [-0.1, -0.05) is 0 Å². The molecule has 0 spiro atoms. The lowest BCUT2D eigenvalue weighted by molar-refractivity contribution is -0.148. The second-order valence-corrected chi connectivity index (χ2v) is 6.64. The van der Waals surface area contributed by atoms with Crippen LogP contribution in [0.5, 0.6) is 0 Å². The molecule has 0 bridgehead atoms. The molecule has 0 aromatic heterocycles. The van der Waals surface area contributed by atoms with E-state index in [0.717, 1.165) is 4.90 Å². The third-order valence-corrected chi connectivity index (χ3v) is 4.36. The van der Waals surface area contributed by atoms with Crippen LogP contribution in [0.3, 0.4) is 0 Å². The highest BCUT2D eigenvalue weighted by Crippen LogP contribution is 2.18. The molecule has 1 aliphatic heterocycles. The third-order valence-electron chi connectivity index (χ3n) is 4.36. The minimum absolute atomic E-state index is 0.167. The predicted molar refractivity (Wildman–Crippen MR) is 95.8 cm³/mol. The maximum atomic E-state index is 12.6. The van der Waals surface area contributed by atoms with Crippen molar-refractivity contribution in [3.05, 3.63) is 0 Å². The normalized spacial score (nSPS) is 18.7. The summed E-state index contributed by atoms with van der Waals surface area (Å²) in [4.78, 5) is 71.1. The highest BCUT2D eigenvalue weighted by Gasteiger charge is 2.38. The van der Waals surface area contributed by atoms with Gasteiger partial charge in [-0.2, -0.15) is 0 Å². The SMILES string of the molecule is NC(CO)C(=O)N1CCCC1C(=O)NC(CC(=O)O)C(=O)NC(CC(=O)O)C(=O)O. The standard InChI is InChI=1S/C16H24N4O10/c17-7(6-21)15(28)20-3-1-2-10(20)14(27)18-8(4-11(22)23)13(26)19-9(16(29)30)5-12(24)25/h7-10,21H,1-6,17H2,(H,18,27)(H,19,26)(H,22,23)(H,24,25)(H,29,30). The molecule has 1 aliphatic rings. The number of aliphatic carboxylic acids is 3. The Morgan fingerprint density at radius 3 is 2.03 bits per heavy atom. The molecule has 0 aromatic carbocycles. The molecule has 1 rings (SSSR count). The van der Waals surface area contributed by atoms with Crippen molar-refractivity contribution in [2.24, 2.45) is 5.73 Å². The Bertz CT molecular complexity index is 712. The number of carboxylic acid groups (broad SMARTS) is 3. The molecule has 14 heteroatoms. The number of hydrogen-bond donors (Lipinski definition) is 7. The lowest BCUT2D eigenvalue weighted by Crippen LogP contribution is -2.57. The van der Waals surface area contributed by atoms with E-state index in [9.17, 15) is 28.8 Å². The summed E-state index contributed by atoms with van der Waals surface area (Å²) >= 11 is 0. The monoisotopic (exact) mass is 432 g/mol. The summed E-state index contributed by atoms with van der Waals surface area (Å²) in [5, 5.41) is 39.8. The van der Waals surface area contributed by atoms with Crippen molar-refractivity contribution < 1.29 is 49.2 Å². The van der Waals surface area contributed by atoms with Crippen LogP contribution in [0, 0.1) is 0 Å². The molecule has 8 N–H and O–H groups in total. The summed E-state index contributed by atoms with van der Waals surface area (Å²) in [5.74, 6) is -7.41. The Balaban J connectivity index is 2.93. The Hall–Kier alpha value is -3.26. The lowest BCUT2D eigenvalue weighted by atomic mass is 10.1. The zero-order valence-electron chi connectivity index (χ0n) is 15.8. The molecule has 1 heterocycles. The minimum atomic E-state index is -1.84. The molecule has 0 aliphatic carbocycles.